The van der Waals surface area contributed by atoms with Gasteiger partial charge in [-0.05, 0) is 55.5 Å². The van der Waals surface area contributed by atoms with Crippen LogP contribution in [0.25, 0.3) is 0 Å². The van der Waals surface area contributed by atoms with Crippen LogP contribution in [0.5, 0.6) is 0 Å². The number of aliphatic hydroxyl groups is 1. The number of pyridine rings is 1. The van der Waals surface area contributed by atoms with Crippen molar-refractivity contribution in [3.8, 4) is 0 Å². The predicted octanol–water partition coefficient (Wildman–Crippen LogP) is 4.88. The van der Waals surface area contributed by atoms with Gasteiger partial charge in [0.05, 0.1) is 29.0 Å². The Morgan fingerprint density at radius 1 is 0.968 bits per heavy atom. The van der Waals surface area contributed by atoms with E-state index >= 15 is 0 Å². The molecule has 0 spiro atoms. The molecular weight excluding hydrogens is 426 g/mol. The molecular formula is C21H20F6N2O2. The van der Waals surface area contributed by atoms with Gasteiger partial charge in [-0.3, -0.25) is 9.78 Å². The average molecular weight is 446 g/mol. The Morgan fingerprint density at radius 2 is 1.58 bits per heavy atom. The lowest BCUT2D eigenvalue weighted by Crippen LogP contribution is -2.38. The summed E-state index contributed by atoms with van der Waals surface area (Å²) in [7, 11) is 0. The maximum Gasteiger partial charge on any atom is 0.418 e. The van der Waals surface area contributed by atoms with E-state index in [1.807, 2.05) is 0 Å². The molecule has 168 valence electrons. The van der Waals surface area contributed by atoms with E-state index in [9.17, 15) is 36.2 Å². The molecule has 0 unspecified atom stereocenters. The molecule has 1 fully saturated rings. The van der Waals surface area contributed by atoms with Gasteiger partial charge in [0.15, 0.2) is 0 Å². The fraction of sp³-hybridized carbons (Fsp3) is 0.429. The number of aliphatic hydroxyl groups excluding tert-OH is 1. The number of aromatic nitrogens is 1. The van der Waals surface area contributed by atoms with Crippen molar-refractivity contribution in [1.29, 1.82) is 0 Å². The van der Waals surface area contributed by atoms with Crippen molar-refractivity contribution in [1.82, 2.24) is 10.3 Å². The summed E-state index contributed by atoms with van der Waals surface area (Å²) in [5.41, 5.74) is -2.50. The number of benzene rings is 1. The zero-order valence-corrected chi connectivity index (χ0v) is 16.2. The fourth-order valence-electron chi connectivity index (χ4n) is 3.66. The quantitative estimate of drug-likeness (QED) is 0.659. The minimum absolute atomic E-state index is 0.0430. The van der Waals surface area contributed by atoms with Crippen molar-refractivity contribution in [2.45, 2.75) is 50.2 Å². The third kappa shape index (κ3) is 5.55. The lowest BCUT2D eigenvalue weighted by atomic mass is 9.86. The molecule has 1 heterocycles. The molecule has 0 radical (unpaired) electrons. The summed E-state index contributed by atoms with van der Waals surface area (Å²) in [6.45, 7) is 0. The van der Waals surface area contributed by atoms with Crippen LogP contribution in [-0.2, 0) is 17.1 Å². The van der Waals surface area contributed by atoms with Crippen molar-refractivity contribution in [2.24, 2.45) is 5.92 Å². The molecule has 1 aliphatic rings. The number of hydrogen-bond acceptors (Lipinski definition) is 3. The first-order valence-electron chi connectivity index (χ1n) is 9.64. The average Bonchev–Trinajstić information content (AvgIpc) is 2.71. The minimum atomic E-state index is -4.77. The van der Waals surface area contributed by atoms with Crippen molar-refractivity contribution < 1.29 is 36.2 Å². The largest absolute Gasteiger partial charge is 0.418 e. The Balaban J connectivity index is 1.98. The zero-order chi connectivity index (χ0) is 22.8. The number of carbonyl (C=O) groups excluding carboxylic acids is 1. The number of halogens is 6. The smallest absolute Gasteiger partial charge is 0.393 e. The number of hydrogen-bond donors (Lipinski definition) is 2. The third-order valence-electron chi connectivity index (χ3n) is 5.34. The van der Waals surface area contributed by atoms with E-state index < -0.39 is 53.1 Å². The Bertz CT molecular complexity index is 903. The van der Waals surface area contributed by atoms with E-state index in [2.05, 4.69) is 10.3 Å². The first-order valence-corrected chi connectivity index (χ1v) is 9.64. The van der Waals surface area contributed by atoms with Gasteiger partial charge in [-0.2, -0.15) is 26.3 Å². The summed E-state index contributed by atoms with van der Waals surface area (Å²) < 4.78 is 79.3. The molecule has 0 saturated heterocycles. The van der Waals surface area contributed by atoms with Crippen LogP contribution in [-0.4, -0.2) is 22.1 Å². The molecule has 1 atom stereocenters. The number of nitrogens with one attached hydrogen (secondary N) is 1. The minimum Gasteiger partial charge on any atom is -0.393 e. The number of nitrogens with zero attached hydrogens (tertiary/aromatic N) is 1. The molecule has 10 heteroatoms. The van der Waals surface area contributed by atoms with Crippen molar-refractivity contribution in [2.75, 3.05) is 0 Å². The highest BCUT2D eigenvalue weighted by molar-refractivity contribution is 5.79. The Hall–Kier alpha value is -2.62. The van der Waals surface area contributed by atoms with E-state index in [4.69, 9.17) is 0 Å². The summed E-state index contributed by atoms with van der Waals surface area (Å²) in [5, 5.41) is 12.1. The van der Waals surface area contributed by atoms with Gasteiger partial charge < -0.3 is 10.4 Å². The molecule has 1 aromatic heterocycles. The molecule has 0 bridgehead atoms. The molecule has 2 aromatic rings. The number of rotatable bonds is 4. The van der Waals surface area contributed by atoms with Crippen LogP contribution in [0.4, 0.5) is 26.3 Å². The molecule has 4 nitrogen and oxygen atoms in total. The molecule has 1 aromatic carbocycles. The van der Waals surface area contributed by atoms with Crippen LogP contribution in [0.15, 0.2) is 42.6 Å². The van der Waals surface area contributed by atoms with Gasteiger partial charge in [0.1, 0.15) is 0 Å². The highest BCUT2D eigenvalue weighted by Gasteiger charge is 2.38. The predicted molar refractivity (Wildman–Crippen MR) is 98.6 cm³/mol. The highest BCUT2D eigenvalue weighted by Crippen LogP contribution is 2.37. The second kappa shape index (κ2) is 8.86. The number of amides is 1. The SMILES string of the molecule is O=C(N[C@@H](c1ccc(C(F)(F)F)cc1)c1ncccc1C(F)(F)F)C1CCC(O)CC1. The first-order chi connectivity index (χ1) is 14.5. The normalized spacial score (nSPS) is 20.9. The van der Waals surface area contributed by atoms with Crippen LogP contribution >= 0.6 is 0 Å². The number of alkyl halides is 6. The summed E-state index contributed by atoms with van der Waals surface area (Å²) in [6, 6.07) is 4.09. The summed E-state index contributed by atoms with van der Waals surface area (Å²) >= 11 is 0. The molecule has 31 heavy (non-hydrogen) atoms. The van der Waals surface area contributed by atoms with Gasteiger partial charge in [0.25, 0.3) is 0 Å². The number of carbonyl (C=O) groups is 1. The molecule has 1 aliphatic carbocycles. The molecule has 2 N–H and O–H groups in total. The van der Waals surface area contributed by atoms with Gasteiger partial charge in [-0.15, -0.1) is 0 Å². The van der Waals surface area contributed by atoms with Gasteiger partial charge in [0.2, 0.25) is 5.91 Å². The van der Waals surface area contributed by atoms with E-state index in [1.165, 1.54) is 0 Å². The molecule has 3 rings (SSSR count). The van der Waals surface area contributed by atoms with E-state index in [0.717, 1.165) is 42.6 Å². The van der Waals surface area contributed by atoms with Crippen LogP contribution in [0, 0.1) is 5.92 Å². The van der Waals surface area contributed by atoms with Crippen LogP contribution in [0.2, 0.25) is 0 Å². The topological polar surface area (TPSA) is 62.2 Å². The van der Waals surface area contributed by atoms with Gasteiger partial charge in [0, 0.05) is 12.1 Å². The lowest BCUT2D eigenvalue weighted by molar-refractivity contribution is -0.139. The Kier molecular flexibility index (Phi) is 6.59. The van der Waals surface area contributed by atoms with Crippen molar-refractivity contribution in [3.63, 3.8) is 0 Å². The zero-order valence-electron chi connectivity index (χ0n) is 16.2. The first kappa shape index (κ1) is 23.1. The monoisotopic (exact) mass is 446 g/mol. The third-order valence-corrected chi connectivity index (χ3v) is 5.34. The molecule has 1 amide bonds. The maximum absolute atomic E-state index is 13.6. The van der Waals surface area contributed by atoms with Crippen molar-refractivity contribution >= 4 is 5.91 Å². The van der Waals surface area contributed by atoms with E-state index in [-0.39, 0.29) is 5.56 Å². The highest BCUT2D eigenvalue weighted by atomic mass is 19.4. The lowest BCUT2D eigenvalue weighted by Gasteiger charge is -2.28. The summed E-state index contributed by atoms with van der Waals surface area (Å²) in [5.74, 6) is -1.05. The summed E-state index contributed by atoms with van der Waals surface area (Å²) in [6.07, 6.45) is -7.27. The molecule has 0 aliphatic heterocycles. The maximum atomic E-state index is 13.6. The Labute approximate surface area is 174 Å². The Morgan fingerprint density at radius 3 is 2.13 bits per heavy atom. The second-order valence-electron chi connectivity index (χ2n) is 7.50. The standard InChI is InChI=1S/C21H20F6N2O2/c22-20(23,24)14-7-3-12(4-8-14)17(18-16(21(25,26)27)2-1-11-28-18)29-19(31)13-5-9-15(30)10-6-13/h1-4,7-8,11,13,15,17,30H,5-6,9-10H2,(H,29,31)/t13?,15?,17-/m0/s1. The van der Waals surface area contributed by atoms with E-state index in [0.29, 0.717) is 25.7 Å². The van der Waals surface area contributed by atoms with Crippen molar-refractivity contribution in [3.05, 3.63) is 65.0 Å². The van der Waals surface area contributed by atoms with Crippen LogP contribution in [0.3, 0.4) is 0 Å². The molecule has 1 saturated carbocycles. The van der Waals surface area contributed by atoms with Crippen LogP contribution in [0.1, 0.15) is 54.1 Å². The summed E-state index contributed by atoms with van der Waals surface area (Å²) in [4.78, 5) is 16.6. The van der Waals surface area contributed by atoms with Gasteiger partial charge in [-0.1, -0.05) is 12.1 Å². The van der Waals surface area contributed by atoms with E-state index in [1.54, 1.807) is 0 Å². The van der Waals surface area contributed by atoms with Gasteiger partial charge in [-0.25, -0.2) is 0 Å². The second-order valence-corrected chi connectivity index (χ2v) is 7.50. The van der Waals surface area contributed by atoms with Crippen LogP contribution < -0.4 is 5.32 Å². The van der Waals surface area contributed by atoms with Gasteiger partial charge >= 0.3 is 12.4 Å². The fourth-order valence-corrected chi connectivity index (χ4v) is 3.66.